The smallest absolute Gasteiger partial charge is 0.148 e. The molecule has 1 N–H and O–H groups in total. The maximum Gasteiger partial charge on any atom is 0.148 e. The van der Waals surface area contributed by atoms with Gasteiger partial charge in [-0.25, -0.2) is 4.39 Å². The predicted molar refractivity (Wildman–Crippen MR) is 76.0 cm³/mol. The van der Waals surface area contributed by atoms with Crippen LogP contribution >= 0.6 is 22.9 Å². The van der Waals surface area contributed by atoms with E-state index in [4.69, 9.17) is 11.6 Å². The van der Waals surface area contributed by atoms with Gasteiger partial charge in [-0.3, -0.25) is 0 Å². The minimum atomic E-state index is -0.309. The standard InChI is InChI=1S/C14H11ClFNS/c1-2-10-3-4-13(18-10)12-6-8-5-9(15)7-11(16)14(8)17-12/h3-7,17H,2H2,1H3. The summed E-state index contributed by atoms with van der Waals surface area (Å²) in [5.41, 5.74) is 1.46. The second-order valence-electron chi connectivity index (χ2n) is 4.15. The second-order valence-corrected chi connectivity index (χ2v) is 5.76. The van der Waals surface area contributed by atoms with Crippen LogP contribution in [0.4, 0.5) is 4.39 Å². The lowest BCUT2D eigenvalue weighted by molar-refractivity contribution is 0.637. The topological polar surface area (TPSA) is 15.8 Å². The number of fused-ring (bicyclic) bond motifs is 1. The van der Waals surface area contributed by atoms with E-state index in [1.165, 1.54) is 10.9 Å². The van der Waals surface area contributed by atoms with Crippen LogP contribution in [0.1, 0.15) is 11.8 Å². The van der Waals surface area contributed by atoms with Gasteiger partial charge < -0.3 is 4.98 Å². The molecule has 1 aromatic carbocycles. The van der Waals surface area contributed by atoms with Crippen molar-refractivity contribution >= 4 is 33.8 Å². The van der Waals surface area contributed by atoms with Crippen LogP contribution in [-0.2, 0) is 6.42 Å². The van der Waals surface area contributed by atoms with E-state index >= 15 is 0 Å². The number of aromatic nitrogens is 1. The molecule has 92 valence electrons. The van der Waals surface area contributed by atoms with E-state index in [2.05, 4.69) is 24.0 Å². The minimum Gasteiger partial charge on any atom is -0.351 e. The monoisotopic (exact) mass is 279 g/mol. The number of benzene rings is 1. The van der Waals surface area contributed by atoms with Crippen molar-refractivity contribution in [2.45, 2.75) is 13.3 Å². The molecule has 1 nitrogen and oxygen atoms in total. The molecule has 0 saturated carbocycles. The Bertz CT molecular complexity index is 714. The van der Waals surface area contributed by atoms with Crippen LogP contribution < -0.4 is 0 Å². The van der Waals surface area contributed by atoms with Gasteiger partial charge in [0.1, 0.15) is 5.82 Å². The molecule has 0 unspecified atom stereocenters. The number of rotatable bonds is 2. The maximum absolute atomic E-state index is 13.7. The molecule has 0 amide bonds. The number of nitrogens with one attached hydrogen (secondary N) is 1. The van der Waals surface area contributed by atoms with Crippen LogP contribution in [0, 0.1) is 5.82 Å². The normalized spacial score (nSPS) is 11.3. The highest BCUT2D eigenvalue weighted by Crippen LogP contribution is 2.32. The second kappa shape index (κ2) is 4.41. The Kier molecular flexibility index (Phi) is 2.88. The average molecular weight is 280 g/mol. The Labute approximate surface area is 113 Å². The highest BCUT2D eigenvalue weighted by atomic mass is 35.5. The third-order valence-electron chi connectivity index (χ3n) is 2.92. The zero-order valence-electron chi connectivity index (χ0n) is 9.76. The number of halogens is 2. The van der Waals surface area contributed by atoms with E-state index in [9.17, 15) is 4.39 Å². The summed E-state index contributed by atoms with van der Waals surface area (Å²) in [6.07, 6.45) is 1.02. The number of thiophene rings is 1. The molecule has 4 heteroatoms. The van der Waals surface area contributed by atoms with Crippen LogP contribution in [0.15, 0.2) is 30.3 Å². The van der Waals surface area contributed by atoms with Crippen LogP contribution in [0.5, 0.6) is 0 Å². The quantitative estimate of drug-likeness (QED) is 0.659. The van der Waals surface area contributed by atoms with Crippen molar-refractivity contribution in [1.29, 1.82) is 0 Å². The van der Waals surface area contributed by atoms with Crippen LogP contribution in [0.3, 0.4) is 0 Å². The van der Waals surface area contributed by atoms with Crippen molar-refractivity contribution in [3.8, 4) is 10.6 Å². The molecule has 18 heavy (non-hydrogen) atoms. The lowest BCUT2D eigenvalue weighted by Gasteiger charge is -1.93. The molecule has 2 aromatic heterocycles. The van der Waals surface area contributed by atoms with Crippen LogP contribution in [-0.4, -0.2) is 4.98 Å². The van der Waals surface area contributed by atoms with Gasteiger partial charge in [0.05, 0.1) is 16.1 Å². The largest absolute Gasteiger partial charge is 0.351 e. The molecular weight excluding hydrogens is 269 g/mol. The van der Waals surface area contributed by atoms with Crippen molar-refractivity contribution in [1.82, 2.24) is 4.98 Å². The Balaban J connectivity index is 2.16. The molecule has 3 aromatic rings. The molecule has 0 bridgehead atoms. The highest BCUT2D eigenvalue weighted by Gasteiger charge is 2.10. The summed E-state index contributed by atoms with van der Waals surface area (Å²) in [7, 11) is 0. The highest BCUT2D eigenvalue weighted by molar-refractivity contribution is 7.15. The van der Waals surface area contributed by atoms with Gasteiger partial charge >= 0.3 is 0 Å². The van der Waals surface area contributed by atoms with E-state index < -0.39 is 0 Å². The van der Waals surface area contributed by atoms with Crippen LogP contribution in [0.2, 0.25) is 5.02 Å². The van der Waals surface area contributed by atoms with Gasteiger partial charge in [0.15, 0.2) is 0 Å². The number of aryl methyl sites for hydroxylation is 1. The fraction of sp³-hybridized carbons (Fsp3) is 0.143. The number of aromatic amines is 1. The predicted octanol–water partition coefficient (Wildman–Crippen LogP) is 5.25. The van der Waals surface area contributed by atoms with Gasteiger partial charge in [0, 0.05) is 15.3 Å². The van der Waals surface area contributed by atoms with Gasteiger partial charge in [-0.1, -0.05) is 18.5 Å². The van der Waals surface area contributed by atoms with Gasteiger partial charge in [0.2, 0.25) is 0 Å². The fourth-order valence-corrected chi connectivity index (χ4v) is 3.14. The Hall–Kier alpha value is -1.32. The molecular formula is C14H11ClFNS. The molecule has 2 heterocycles. The molecule has 3 rings (SSSR count). The summed E-state index contributed by atoms with van der Waals surface area (Å²) in [6, 6.07) is 9.21. The van der Waals surface area contributed by atoms with Gasteiger partial charge in [-0.15, -0.1) is 11.3 Å². The molecule has 0 saturated heterocycles. The summed E-state index contributed by atoms with van der Waals surface area (Å²) in [4.78, 5) is 5.57. The summed E-state index contributed by atoms with van der Waals surface area (Å²) in [5.74, 6) is -0.309. The van der Waals surface area contributed by atoms with Crippen molar-refractivity contribution in [3.63, 3.8) is 0 Å². The first-order valence-corrected chi connectivity index (χ1v) is 6.93. The van der Waals surface area contributed by atoms with Gasteiger partial charge in [0.25, 0.3) is 0 Å². The third kappa shape index (κ3) is 1.93. The SMILES string of the molecule is CCc1ccc(-c2cc3cc(Cl)cc(F)c3[nH]2)s1. The summed E-state index contributed by atoms with van der Waals surface area (Å²) in [5, 5.41) is 1.23. The van der Waals surface area contributed by atoms with Crippen molar-refractivity contribution in [2.24, 2.45) is 0 Å². The Morgan fingerprint density at radius 1 is 1.28 bits per heavy atom. The van der Waals surface area contributed by atoms with Gasteiger partial charge in [-0.05, 0) is 36.8 Å². The zero-order chi connectivity index (χ0) is 12.7. The fourth-order valence-electron chi connectivity index (χ4n) is 2.01. The first kappa shape index (κ1) is 11.8. The number of H-pyrrole nitrogens is 1. The number of hydrogen-bond acceptors (Lipinski definition) is 1. The van der Waals surface area contributed by atoms with E-state index in [1.54, 1.807) is 17.4 Å². The van der Waals surface area contributed by atoms with Crippen molar-refractivity contribution < 1.29 is 4.39 Å². The van der Waals surface area contributed by atoms with E-state index in [0.29, 0.717) is 10.5 Å². The molecule has 0 fully saturated rings. The zero-order valence-corrected chi connectivity index (χ0v) is 11.3. The maximum atomic E-state index is 13.7. The average Bonchev–Trinajstić information content (AvgIpc) is 2.93. The van der Waals surface area contributed by atoms with E-state index in [-0.39, 0.29) is 5.82 Å². The van der Waals surface area contributed by atoms with Crippen molar-refractivity contribution in [2.75, 3.05) is 0 Å². The Morgan fingerprint density at radius 3 is 2.83 bits per heavy atom. The van der Waals surface area contributed by atoms with Gasteiger partial charge in [-0.2, -0.15) is 0 Å². The Morgan fingerprint density at radius 2 is 2.11 bits per heavy atom. The number of hydrogen-bond donors (Lipinski definition) is 1. The third-order valence-corrected chi connectivity index (χ3v) is 4.40. The van der Waals surface area contributed by atoms with Crippen molar-refractivity contribution in [3.05, 3.63) is 46.0 Å². The molecule has 0 aliphatic heterocycles. The van der Waals surface area contributed by atoms with E-state index in [0.717, 1.165) is 22.4 Å². The molecule has 0 atom stereocenters. The minimum absolute atomic E-state index is 0.309. The first-order chi connectivity index (χ1) is 8.67. The summed E-state index contributed by atoms with van der Waals surface area (Å²) >= 11 is 7.58. The van der Waals surface area contributed by atoms with Crippen LogP contribution in [0.25, 0.3) is 21.5 Å². The molecule has 0 spiro atoms. The lowest BCUT2D eigenvalue weighted by Crippen LogP contribution is -1.77. The van der Waals surface area contributed by atoms with E-state index in [1.807, 2.05) is 6.07 Å². The molecule has 0 aliphatic carbocycles. The first-order valence-electron chi connectivity index (χ1n) is 5.74. The molecule has 0 radical (unpaired) electrons. The summed E-state index contributed by atoms with van der Waals surface area (Å²) in [6.45, 7) is 2.13. The molecule has 0 aliphatic rings. The lowest BCUT2D eigenvalue weighted by atomic mass is 10.2. The summed E-state index contributed by atoms with van der Waals surface area (Å²) < 4.78 is 13.7.